The fraction of sp³-hybridized carbons (Fsp3) is 0.172. The van der Waals surface area contributed by atoms with Crippen molar-refractivity contribution >= 4 is 10.8 Å². The number of fused-ring (bicyclic) bond motifs is 1. The summed E-state index contributed by atoms with van der Waals surface area (Å²) in [6, 6.07) is 14.2. The summed E-state index contributed by atoms with van der Waals surface area (Å²) in [7, 11) is 0. The maximum Gasteiger partial charge on any atom is 0.159 e. The average Bonchev–Trinajstić information content (AvgIpc) is 2.80. The summed E-state index contributed by atoms with van der Waals surface area (Å²) in [5.74, 6) is -3.61. The van der Waals surface area contributed by atoms with Crippen molar-refractivity contribution < 1.29 is 22.0 Å². The Morgan fingerprint density at radius 2 is 1.38 bits per heavy atom. The van der Waals surface area contributed by atoms with Crippen LogP contribution in [0.1, 0.15) is 30.0 Å². The first-order chi connectivity index (χ1) is 16.4. The minimum Gasteiger partial charge on any atom is -0.206 e. The number of allylic oxidation sites excluding steroid dienone is 2. The van der Waals surface area contributed by atoms with Gasteiger partial charge in [-0.3, -0.25) is 0 Å². The first-order valence-electron chi connectivity index (χ1n) is 11.1. The predicted molar refractivity (Wildman–Crippen MR) is 126 cm³/mol. The molecule has 0 aliphatic rings. The van der Waals surface area contributed by atoms with E-state index in [2.05, 4.69) is 0 Å². The second-order valence-corrected chi connectivity index (χ2v) is 8.27. The molecule has 4 rings (SSSR count). The molecule has 0 saturated heterocycles. The lowest BCUT2D eigenvalue weighted by Gasteiger charge is -2.11. The zero-order valence-corrected chi connectivity index (χ0v) is 18.6. The van der Waals surface area contributed by atoms with Gasteiger partial charge in [-0.1, -0.05) is 42.5 Å². The van der Waals surface area contributed by atoms with Crippen molar-refractivity contribution in [3.05, 3.63) is 119 Å². The van der Waals surface area contributed by atoms with E-state index in [1.54, 1.807) is 18.2 Å². The van der Waals surface area contributed by atoms with Gasteiger partial charge in [0.25, 0.3) is 0 Å². The summed E-state index contributed by atoms with van der Waals surface area (Å²) >= 11 is 0. The molecule has 0 fully saturated rings. The third-order valence-corrected chi connectivity index (χ3v) is 5.93. The molecule has 0 aromatic heterocycles. The molecule has 0 aliphatic carbocycles. The number of aryl methyl sites for hydroxylation is 3. The predicted octanol–water partition coefficient (Wildman–Crippen LogP) is 8.50. The van der Waals surface area contributed by atoms with Crippen molar-refractivity contribution in [2.45, 2.75) is 32.6 Å². The third kappa shape index (κ3) is 5.04. The second kappa shape index (κ2) is 10.2. The van der Waals surface area contributed by atoms with Crippen molar-refractivity contribution in [1.82, 2.24) is 0 Å². The average molecular weight is 466 g/mol. The molecule has 0 saturated carbocycles. The standard InChI is InChI=1S/C29H23F5/c1-2-3-4-5-19-15-26(32)28(27(33)16-19)22-11-12-23-21(17-22)10-9-20(29(23)34)8-6-18-7-13-24(30)25(31)14-18/h2-3,7,9-17H,4-6,8H2,1H3/b3-2+. The van der Waals surface area contributed by atoms with Gasteiger partial charge in [0.1, 0.15) is 17.5 Å². The van der Waals surface area contributed by atoms with Crippen molar-refractivity contribution in [3.63, 3.8) is 0 Å². The van der Waals surface area contributed by atoms with Crippen LogP contribution in [0.15, 0.2) is 72.8 Å². The SMILES string of the molecule is C/C=C/CCc1cc(F)c(-c2ccc3c(F)c(CCc4ccc(F)c(F)c4)ccc3c2)c(F)c1. The van der Waals surface area contributed by atoms with Gasteiger partial charge in [-0.2, -0.15) is 0 Å². The topological polar surface area (TPSA) is 0 Å². The van der Waals surface area contributed by atoms with E-state index >= 15 is 4.39 Å². The highest BCUT2D eigenvalue weighted by atomic mass is 19.2. The summed E-state index contributed by atoms with van der Waals surface area (Å²) < 4.78 is 71.2. The van der Waals surface area contributed by atoms with Gasteiger partial charge in [-0.05, 0) is 90.6 Å². The molecule has 0 nitrogen and oxygen atoms in total. The molecule has 0 amide bonds. The van der Waals surface area contributed by atoms with E-state index in [4.69, 9.17) is 0 Å². The van der Waals surface area contributed by atoms with E-state index in [1.165, 1.54) is 30.3 Å². The van der Waals surface area contributed by atoms with Gasteiger partial charge in [-0.25, -0.2) is 22.0 Å². The minimum absolute atomic E-state index is 0.139. The molecule has 34 heavy (non-hydrogen) atoms. The normalized spacial score (nSPS) is 11.6. The highest BCUT2D eigenvalue weighted by Crippen LogP contribution is 2.32. The zero-order valence-electron chi connectivity index (χ0n) is 18.6. The Balaban J connectivity index is 1.59. The van der Waals surface area contributed by atoms with E-state index in [0.29, 0.717) is 58.7 Å². The Kier molecular flexibility index (Phi) is 7.11. The summed E-state index contributed by atoms with van der Waals surface area (Å²) in [4.78, 5) is 0. The Morgan fingerprint density at radius 3 is 2.09 bits per heavy atom. The van der Waals surface area contributed by atoms with Gasteiger partial charge < -0.3 is 0 Å². The highest BCUT2D eigenvalue weighted by Gasteiger charge is 2.15. The first-order valence-corrected chi connectivity index (χ1v) is 11.1. The number of halogens is 5. The maximum absolute atomic E-state index is 15.1. The summed E-state index contributed by atoms with van der Waals surface area (Å²) in [6.07, 6.45) is 5.70. The quantitative estimate of drug-likeness (QED) is 0.189. The van der Waals surface area contributed by atoms with Crippen LogP contribution in [0.2, 0.25) is 0 Å². The summed E-state index contributed by atoms with van der Waals surface area (Å²) in [5, 5.41) is 0.845. The molecule has 0 radical (unpaired) electrons. The van der Waals surface area contributed by atoms with Crippen molar-refractivity contribution in [2.75, 3.05) is 0 Å². The van der Waals surface area contributed by atoms with Gasteiger partial charge in [0, 0.05) is 5.39 Å². The van der Waals surface area contributed by atoms with Crippen LogP contribution in [-0.4, -0.2) is 0 Å². The molecule has 0 heterocycles. The molecule has 174 valence electrons. The number of rotatable bonds is 7. The number of hydrogen-bond acceptors (Lipinski definition) is 0. The van der Waals surface area contributed by atoms with Crippen LogP contribution in [0, 0.1) is 29.1 Å². The van der Waals surface area contributed by atoms with Gasteiger partial charge >= 0.3 is 0 Å². The molecule has 0 N–H and O–H groups in total. The smallest absolute Gasteiger partial charge is 0.159 e. The molecule has 0 aliphatic heterocycles. The Bertz CT molecular complexity index is 1350. The largest absolute Gasteiger partial charge is 0.206 e. The van der Waals surface area contributed by atoms with Crippen LogP contribution in [0.5, 0.6) is 0 Å². The van der Waals surface area contributed by atoms with E-state index < -0.39 is 29.1 Å². The lowest BCUT2D eigenvalue weighted by atomic mass is 9.95. The van der Waals surface area contributed by atoms with Crippen molar-refractivity contribution in [3.8, 4) is 11.1 Å². The molecule has 5 heteroatoms. The van der Waals surface area contributed by atoms with E-state index in [0.717, 1.165) is 12.1 Å². The van der Waals surface area contributed by atoms with E-state index in [-0.39, 0.29) is 5.56 Å². The summed E-state index contributed by atoms with van der Waals surface area (Å²) in [6.45, 7) is 1.89. The maximum atomic E-state index is 15.1. The van der Waals surface area contributed by atoms with Crippen molar-refractivity contribution in [2.24, 2.45) is 0 Å². The van der Waals surface area contributed by atoms with Gasteiger partial charge in [0.15, 0.2) is 11.6 Å². The van der Waals surface area contributed by atoms with Crippen LogP contribution in [0.3, 0.4) is 0 Å². The fourth-order valence-corrected chi connectivity index (χ4v) is 4.12. The molecule has 4 aromatic carbocycles. The minimum atomic E-state index is -0.936. The molecule has 0 unspecified atom stereocenters. The van der Waals surface area contributed by atoms with Gasteiger partial charge in [0.05, 0.1) is 5.56 Å². The molecule has 0 spiro atoms. The number of benzene rings is 4. The zero-order chi connectivity index (χ0) is 24.2. The van der Waals surface area contributed by atoms with Gasteiger partial charge in [-0.15, -0.1) is 0 Å². The summed E-state index contributed by atoms with van der Waals surface area (Å²) in [5.41, 5.74) is 1.76. The number of hydrogen-bond donors (Lipinski definition) is 0. The molecule has 0 atom stereocenters. The van der Waals surface area contributed by atoms with Gasteiger partial charge in [0.2, 0.25) is 0 Å². The Morgan fingerprint density at radius 1 is 0.647 bits per heavy atom. The third-order valence-electron chi connectivity index (χ3n) is 5.93. The van der Waals surface area contributed by atoms with E-state index in [9.17, 15) is 17.6 Å². The van der Waals surface area contributed by atoms with E-state index in [1.807, 2.05) is 19.1 Å². The van der Waals surface area contributed by atoms with Crippen LogP contribution in [0.4, 0.5) is 22.0 Å². The highest BCUT2D eigenvalue weighted by molar-refractivity contribution is 5.88. The molecular formula is C29H23F5. The lowest BCUT2D eigenvalue weighted by molar-refractivity contribution is 0.507. The molecule has 0 bridgehead atoms. The van der Waals surface area contributed by atoms with Crippen LogP contribution < -0.4 is 0 Å². The fourth-order valence-electron chi connectivity index (χ4n) is 4.12. The lowest BCUT2D eigenvalue weighted by Crippen LogP contribution is -1.98. The van der Waals surface area contributed by atoms with Crippen LogP contribution in [-0.2, 0) is 19.3 Å². The first kappa shape index (κ1) is 23.7. The molecule has 4 aromatic rings. The van der Waals surface area contributed by atoms with Crippen LogP contribution >= 0.6 is 0 Å². The van der Waals surface area contributed by atoms with Crippen molar-refractivity contribution in [1.29, 1.82) is 0 Å². The second-order valence-electron chi connectivity index (χ2n) is 8.27. The Hall–Kier alpha value is -3.47. The molecular weight excluding hydrogens is 443 g/mol. The van der Waals surface area contributed by atoms with Crippen LogP contribution in [0.25, 0.3) is 21.9 Å². The Labute approximate surface area is 195 Å². The monoisotopic (exact) mass is 466 g/mol.